The zero-order valence-electron chi connectivity index (χ0n) is 10.7. The van der Waals surface area contributed by atoms with Gasteiger partial charge in [-0.05, 0) is 25.5 Å². The molecule has 1 N–H and O–H groups in total. The molecule has 0 amide bonds. The van der Waals surface area contributed by atoms with Gasteiger partial charge in [-0.2, -0.15) is 0 Å². The number of hydrogen-bond donors (Lipinski definition) is 1. The second-order valence-corrected chi connectivity index (χ2v) is 4.95. The number of aromatic nitrogens is 3. The van der Waals surface area contributed by atoms with E-state index in [2.05, 4.69) is 15.5 Å². The van der Waals surface area contributed by atoms with Crippen molar-refractivity contribution in [3.8, 4) is 0 Å². The molecule has 0 saturated carbocycles. The molecule has 3 rings (SSSR count). The predicted octanol–water partition coefficient (Wildman–Crippen LogP) is 1.93. The van der Waals surface area contributed by atoms with Gasteiger partial charge in [-0.25, -0.2) is 4.39 Å². The Kier molecular flexibility index (Phi) is 3.55. The van der Waals surface area contributed by atoms with Crippen molar-refractivity contribution in [3.63, 3.8) is 0 Å². The Bertz CT molecular complexity index is 546. The summed E-state index contributed by atoms with van der Waals surface area (Å²) in [6, 6.07) is 6.85. The van der Waals surface area contributed by atoms with Crippen LogP contribution in [-0.4, -0.2) is 27.9 Å². The summed E-state index contributed by atoms with van der Waals surface area (Å²) in [5, 5.41) is 11.6. The van der Waals surface area contributed by atoms with E-state index in [1.165, 1.54) is 6.07 Å². The van der Waals surface area contributed by atoms with Crippen LogP contribution in [-0.2, 0) is 6.54 Å². The van der Waals surface area contributed by atoms with E-state index >= 15 is 0 Å². The molecular formula is C14H17FN4. The number of halogens is 1. The maximum atomic E-state index is 13.7. The fourth-order valence-corrected chi connectivity index (χ4v) is 2.58. The molecule has 1 unspecified atom stereocenters. The van der Waals surface area contributed by atoms with Crippen molar-refractivity contribution in [1.82, 2.24) is 20.1 Å². The van der Waals surface area contributed by atoms with Gasteiger partial charge >= 0.3 is 0 Å². The lowest BCUT2D eigenvalue weighted by molar-refractivity contribution is 0.434. The first-order valence-electron chi connectivity index (χ1n) is 6.66. The number of piperidine rings is 1. The highest BCUT2D eigenvalue weighted by Crippen LogP contribution is 2.22. The van der Waals surface area contributed by atoms with Gasteiger partial charge in [0.2, 0.25) is 0 Å². The summed E-state index contributed by atoms with van der Waals surface area (Å²) in [7, 11) is 0. The molecule has 1 aliphatic rings. The lowest BCUT2D eigenvalue weighted by atomic mass is 9.99. The van der Waals surface area contributed by atoms with Gasteiger partial charge in [0.25, 0.3) is 0 Å². The summed E-state index contributed by atoms with van der Waals surface area (Å²) in [5.74, 6) is 1.15. The molecule has 100 valence electrons. The Morgan fingerprint density at radius 3 is 3.05 bits per heavy atom. The van der Waals surface area contributed by atoms with Crippen molar-refractivity contribution in [3.05, 3.63) is 47.8 Å². The van der Waals surface area contributed by atoms with Crippen LogP contribution >= 0.6 is 0 Å². The minimum Gasteiger partial charge on any atom is -0.316 e. The molecule has 1 saturated heterocycles. The smallest absolute Gasteiger partial charge is 0.137 e. The van der Waals surface area contributed by atoms with Crippen LogP contribution in [0.4, 0.5) is 4.39 Å². The van der Waals surface area contributed by atoms with Gasteiger partial charge in [-0.15, -0.1) is 10.2 Å². The van der Waals surface area contributed by atoms with Crippen molar-refractivity contribution >= 4 is 0 Å². The number of rotatable bonds is 3. The SMILES string of the molecule is Fc1ccccc1Cn1cnnc1C1CCCNC1. The Hall–Kier alpha value is -1.75. The molecule has 1 aromatic heterocycles. The first-order valence-corrected chi connectivity index (χ1v) is 6.66. The zero-order valence-corrected chi connectivity index (χ0v) is 10.7. The third kappa shape index (κ3) is 2.66. The van der Waals surface area contributed by atoms with E-state index in [0.717, 1.165) is 31.8 Å². The Morgan fingerprint density at radius 2 is 2.26 bits per heavy atom. The van der Waals surface area contributed by atoms with Gasteiger partial charge in [-0.3, -0.25) is 0 Å². The molecule has 5 heteroatoms. The summed E-state index contributed by atoms with van der Waals surface area (Å²) in [4.78, 5) is 0. The number of benzene rings is 1. The molecule has 4 nitrogen and oxygen atoms in total. The van der Waals surface area contributed by atoms with E-state index in [1.807, 2.05) is 10.6 Å². The second kappa shape index (κ2) is 5.48. The van der Waals surface area contributed by atoms with Gasteiger partial charge in [-0.1, -0.05) is 18.2 Å². The van der Waals surface area contributed by atoms with Gasteiger partial charge in [0, 0.05) is 18.0 Å². The van der Waals surface area contributed by atoms with Crippen molar-refractivity contribution < 1.29 is 4.39 Å². The first-order chi connectivity index (χ1) is 9.34. The Labute approximate surface area is 111 Å². The third-order valence-electron chi connectivity index (χ3n) is 3.61. The average molecular weight is 260 g/mol. The molecule has 2 aromatic rings. The highest BCUT2D eigenvalue weighted by atomic mass is 19.1. The summed E-state index contributed by atoms with van der Waals surface area (Å²) >= 11 is 0. The largest absolute Gasteiger partial charge is 0.316 e. The summed E-state index contributed by atoms with van der Waals surface area (Å²) in [6.07, 6.45) is 3.95. The van der Waals surface area contributed by atoms with Crippen LogP contribution < -0.4 is 5.32 Å². The molecule has 1 fully saturated rings. The first kappa shape index (κ1) is 12.3. The van der Waals surface area contributed by atoms with Gasteiger partial charge in [0.05, 0.1) is 6.54 Å². The number of hydrogen-bond acceptors (Lipinski definition) is 3. The summed E-state index contributed by atoms with van der Waals surface area (Å²) in [5.41, 5.74) is 0.673. The Morgan fingerprint density at radius 1 is 1.37 bits per heavy atom. The molecule has 1 aliphatic heterocycles. The maximum Gasteiger partial charge on any atom is 0.137 e. The maximum absolute atomic E-state index is 13.7. The van der Waals surface area contributed by atoms with Crippen LogP contribution in [0.15, 0.2) is 30.6 Å². The topological polar surface area (TPSA) is 42.7 Å². The van der Waals surface area contributed by atoms with E-state index < -0.39 is 0 Å². The summed E-state index contributed by atoms with van der Waals surface area (Å²) < 4.78 is 15.6. The number of nitrogens with one attached hydrogen (secondary N) is 1. The molecule has 1 aromatic carbocycles. The van der Waals surface area contributed by atoms with Crippen LogP contribution in [0.5, 0.6) is 0 Å². The average Bonchev–Trinajstić information content (AvgIpc) is 2.91. The minimum atomic E-state index is -0.177. The van der Waals surface area contributed by atoms with Crippen molar-refractivity contribution in [2.45, 2.75) is 25.3 Å². The predicted molar refractivity (Wildman–Crippen MR) is 70.4 cm³/mol. The normalized spacial score (nSPS) is 19.5. The minimum absolute atomic E-state index is 0.177. The summed E-state index contributed by atoms with van der Waals surface area (Å²) in [6.45, 7) is 2.49. The fraction of sp³-hybridized carbons (Fsp3) is 0.429. The number of nitrogens with zero attached hydrogens (tertiary/aromatic N) is 3. The standard InChI is InChI=1S/C14H17FN4/c15-13-6-2-1-4-12(13)9-19-10-17-18-14(19)11-5-3-7-16-8-11/h1-2,4,6,10-11,16H,3,5,7-9H2. The van der Waals surface area contributed by atoms with Crippen molar-refractivity contribution in [2.24, 2.45) is 0 Å². The molecule has 2 heterocycles. The zero-order chi connectivity index (χ0) is 13.1. The van der Waals surface area contributed by atoms with Crippen molar-refractivity contribution in [2.75, 3.05) is 13.1 Å². The van der Waals surface area contributed by atoms with E-state index in [1.54, 1.807) is 18.5 Å². The van der Waals surface area contributed by atoms with E-state index in [9.17, 15) is 4.39 Å². The molecule has 0 bridgehead atoms. The molecule has 1 atom stereocenters. The van der Waals surface area contributed by atoms with Crippen LogP contribution in [0, 0.1) is 5.82 Å². The third-order valence-corrected chi connectivity index (χ3v) is 3.61. The van der Waals surface area contributed by atoms with Crippen LogP contribution in [0.2, 0.25) is 0 Å². The highest BCUT2D eigenvalue weighted by Gasteiger charge is 2.20. The molecular weight excluding hydrogens is 243 g/mol. The second-order valence-electron chi connectivity index (χ2n) is 4.95. The molecule has 0 spiro atoms. The van der Waals surface area contributed by atoms with Crippen molar-refractivity contribution in [1.29, 1.82) is 0 Å². The Balaban J connectivity index is 1.82. The highest BCUT2D eigenvalue weighted by molar-refractivity contribution is 5.18. The molecule has 0 radical (unpaired) electrons. The molecule has 19 heavy (non-hydrogen) atoms. The van der Waals surface area contributed by atoms with Gasteiger partial charge in [0.15, 0.2) is 0 Å². The quantitative estimate of drug-likeness (QED) is 0.917. The van der Waals surface area contributed by atoms with Gasteiger partial charge < -0.3 is 9.88 Å². The van der Waals surface area contributed by atoms with E-state index in [-0.39, 0.29) is 5.82 Å². The van der Waals surface area contributed by atoms with Crippen LogP contribution in [0.3, 0.4) is 0 Å². The fourth-order valence-electron chi connectivity index (χ4n) is 2.58. The van der Waals surface area contributed by atoms with Crippen LogP contribution in [0.1, 0.15) is 30.1 Å². The van der Waals surface area contributed by atoms with Crippen LogP contribution in [0.25, 0.3) is 0 Å². The van der Waals surface area contributed by atoms with E-state index in [0.29, 0.717) is 18.0 Å². The lowest BCUT2D eigenvalue weighted by Gasteiger charge is -2.22. The van der Waals surface area contributed by atoms with E-state index in [4.69, 9.17) is 0 Å². The lowest BCUT2D eigenvalue weighted by Crippen LogP contribution is -2.30. The molecule has 0 aliphatic carbocycles. The van der Waals surface area contributed by atoms with Gasteiger partial charge in [0.1, 0.15) is 18.0 Å². The monoisotopic (exact) mass is 260 g/mol.